The molecular formula is C15H15FN2O. The van der Waals surface area contributed by atoms with Crippen molar-refractivity contribution in [3.05, 3.63) is 59.9 Å². The molecule has 3 nitrogen and oxygen atoms in total. The highest BCUT2D eigenvalue weighted by Crippen LogP contribution is 2.20. The molecule has 0 spiro atoms. The van der Waals surface area contributed by atoms with Crippen LogP contribution in [0.1, 0.15) is 17.3 Å². The van der Waals surface area contributed by atoms with Crippen LogP contribution in [0.3, 0.4) is 0 Å². The minimum absolute atomic E-state index is 0.0618. The molecule has 1 amide bonds. The van der Waals surface area contributed by atoms with Gasteiger partial charge >= 0.3 is 0 Å². The predicted molar refractivity (Wildman–Crippen MR) is 74.6 cm³/mol. The minimum atomic E-state index is -0.519. The number of carbonyl (C=O) groups excluding carboxylic acids is 1. The first-order valence-electron chi connectivity index (χ1n) is 6.05. The lowest BCUT2D eigenvalue weighted by Crippen LogP contribution is -2.31. The highest BCUT2D eigenvalue weighted by molar-refractivity contribution is 6.06. The Morgan fingerprint density at radius 2 is 1.95 bits per heavy atom. The average molecular weight is 258 g/mol. The van der Waals surface area contributed by atoms with Gasteiger partial charge in [0.1, 0.15) is 5.82 Å². The Kier molecular flexibility index (Phi) is 3.80. The standard InChI is InChI=1S/C15H15FN2O/c1-2-18(12-7-5-6-11(17)10-12)15(19)13-8-3-4-9-14(13)16/h3-10H,2,17H2,1H3. The second kappa shape index (κ2) is 5.52. The largest absolute Gasteiger partial charge is 0.399 e. The van der Waals surface area contributed by atoms with Crippen molar-refractivity contribution in [3.63, 3.8) is 0 Å². The maximum absolute atomic E-state index is 13.7. The molecule has 0 unspecified atom stereocenters. The first-order valence-corrected chi connectivity index (χ1v) is 6.05. The Balaban J connectivity index is 2.38. The van der Waals surface area contributed by atoms with Gasteiger partial charge in [-0.3, -0.25) is 4.79 Å². The van der Waals surface area contributed by atoms with Gasteiger partial charge < -0.3 is 10.6 Å². The van der Waals surface area contributed by atoms with E-state index in [-0.39, 0.29) is 11.5 Å². The third-order valence-corrected chi connectivity index (χ3v) is 2.85. The monoisotopic (exact) mass is 258 g/mol. The van der Waals surface area contributed by atoms with Gasteiger partial charge in [0.05, 0.1) is 5.56 Å². The molecule has 4 heteroatoms. The molecule has 2 N–H and O–H groups in total. The molecule has 0 atom stereocenters. The molecule has 0 aliphatic carbocycles. The molecule has 0 aliphatic rings. The molecular weight excluding hydrogens is 243 g/mol. The summed E-state index contributed by atoms with van der Waals surface area (Å²) in [5, 5.41) is 0. The van der Waals surface area contributed by atoms with Crippen LogP contribution in [0.25, 0.3) is 0 Å². The number of hydrogen-bond donors (Lipinski definition) is 1. The van der Waals surface area contributed by atoms with Gasteiger partial charge in [0.25, 0.3) is 5.91 Å². The van der Waals surface area contributed by atoms with Crippen LogP contribution in [0.2, 0.25) is 0 Å². The number of nitrogens with zero attached hydrogens (tertiary/aromatic N) is 1. The number of nitrogen functional groups attached to an aromatic ring is 1. The number of halogens is 1. The Hall–Kier alpha value is -2.36. The highest BCUT2D eigenvalue weighted by atomic mass is 19.1. The van der Waals surface area contributed by atoms with Crippen LogP contribution in [0.4, 0.5) is 15.8 Å². The number of hydrogen-bond acceptors (Lipinski definition) is 2. The summed E-state index contributed by atoms with van der Waals surface area (Å²) in [4.78, 5) is 13.8. The smallest absolute Gasteiger partial charge is 0.261 e. The summed E-state index contributed by atoms with van der Waals surface area (Å²) < 4.78 is 13.7. The van der Waals surface area contributed by atoms with Crippen molar-refractivity contribution in [3.8, 4) is 0 Å². The molecule has 0 heterocycles. The molecule has 98 valence electrons. The zero-order chi connectivity index (χ0) is 13.8. The molecule has 0 aliphatic heterocycles. The van der Waals surface area contributed by atoms with Crippen molar-refractivity contribution in [2.45, 2.75) is 6.92 Å². The summed E-state index contributed by atoms with van der Waals surface area (Å²) in [5.41, 5.74) is 7.00. The van der Waals surface area contributed by atoms with Gasteiger partial charge in [0, 0.05) is 17.9 Å². The Morgan fingerprint density at radius 1 is 1.21 bits per heavy atom. The van der Waals surface area contributed by atoms with Crippen LogP contribution >= 0.6 is 0 Å². The topological polar surface area (TPSA) is 46.3 Å². The van der Waals surface area contributed by atoms with Crippen LogP contribution in [0.5, 0.6) is 0 Å². The molecule has 2 rings (SSSR count). The maximum atomic E-state index is 13.7. The van der Waals surface area contributed by atoms with E-state index in [0.717, 1.165) is 0 Å². The first kappa shape index (κ1) is 13.1. The van der Waals surface area contributed by atoms with E-state index in [4.69, 9.17) is 5.73 Å². The first-order chi connectivity index (χ1) is 9.13. The molecule has 0 aromatic heterocycles. The van der Waals surface area contributed by atoms with Gasteiger partial charge in [-0.25, -0.2) is 4.39 Å². The van der Waals surface area contributed by atoms with Crippen LogP contribution in [0.15, 0.2) is 48.5 Å². The van der Waals surface area contributed by atoms with E-state index in [1.807, 2.05) is 6.92 Å². The molecule has 0 saturated carbocycles. The number of carbonyl (C=O) groups is 1. The summed E-state index contributed by atoms with van der Waals surface area (Å²) in [6.07, 6.45) is 0. The van der Waals surface area contributed by atoms with E-state index in [1.165, 1.54) is 17.0 Å². The molecule has 0 bridgehead atoms. The molecule has 0 fully saturated rings. The van der Waals surface area contributed by atoms with Gasteiger partial charge in [-0.1, -0.05) is 18.2 Å². The van der Waals surface area contributed by atoms with Gasteiger partial charge in [0.2, 0.25) is 0 Å². The van der Waals surface area contributed by atoms with Gasteiger partial charge in [-0.15, -0.1) is 0 Å². The second-order valence-corrected chi connectivity index (χ2v) is 4.12. The quantitative estimate of drug-likeness (QED) is 0.860. The summed E-state index contributed by atoms with van der Waals surface area (Å²) >= 11 is 0. The Bertz CT molecular complexity index is 598. The van der Waals surface area contributed by atoms with Gasteiger partial charge in [0.15, 0.2) is 0 Å². The SMILES string of the molecule is CCN(C(=O)c1ccccc1F)c1cccc(N)c1. The zero-order valence-electron chi connectivity index (χ0n) is 10.6. The summed E-state index contributed by atoms with van der Waals surface area (Å²) in [6, 6.07) is 12.9. The van der Waals surface area contributed by atoms with E-state index in [1.54, 1.807) is 36.4 Å². The van der Waals surface area contributed by atoms with E-state index in [9.17, 15) is 9.18 Å². The van der Waals surface area contributed by atoms with Crippen molar-refractivity contribution >= 4 is 17.3 Å². The lowest BCUT2D eigenvalue weighted by atomic mass is 10.1. The third-order valence-electron chi connectivity index (χ3n) is 2.85. The average Bonchev–Trinajstić information content (AvgIpc) is 2.40. The van der Waals surface area contributed by atoms with Crippen molar-refractivity contribution in [1.82, 2.24) is 0 Å². The fraction of sp³-hybridized carbons (Fsp3) is 0.133. The Labute approximate surface area is 111 Å². The Morgan fingerprint density at radius 3 is 2.58 bits per heavy atom. The maximum Gasteiger partial charge on any atom is 0.261 e. The number of rotatable bonds is 3. The van der Waals surface area contributed by atoms with Crippen molar-refractivity contribution < 1.29 is 9.18 Å². The predicted octanol–water partition coefficient (Wildman–Crippen LogP) is 3.07. The second-order valence-electron chi connectivity index (χ2n) is 4.12. The third kappa shape index (κ3) is 2.73. The van der Waals surface area contributed by atoms with Crippen LogP contribution in [-0.2, 0) is 0 Å². The fourth-order valence-electron chi connectivity index (χ4n) is 1.92. The minimum Gasteiger partial charge on any atom is -0.399 e. The van der Waals surface area contributed by atoms with E-state index in [2.05, 4.69) is 0 Å². The van der Waals surface area contributed by atoms with E-state index in [0.29, 0.717) is 17.9 Å². The zero-order valence-corrected chi connectivity index (χ0v) is 10.6. The molecule has 0 saturated heterocycles. The van der Waals surface area contributed by atoms with Gasteiger partial charge in [-0.2, -0.15) is 0 Å². The summed E-state index contributed by atoms with van der Waals surface area (Å²) in [6.45, 7) is 2.28. The normalized spacial score (nSPS) is 10.2. The summed E-state index contributed by atoms with van der Waals surface area (Å²) in [5.74, 6) is -0.888. The van der Waals surface area contributed by atoms with Crippen molar-refractivity contribution in [1.29, 1.82) is 0 Å². The van der Waals surface area contributed by atoms with Crippen molar-refractivity contribution in [2.75, 3.05) is 17.2 Å². The lowest BCUT2D eigenvalue weighted by Gasteiger charge is -2.21. The van der Waals surface area contributed by atoms with Crippen LogP contribution in [0, 0.1) is 5.82 Å². The molecule has 2 aromatic rings. The van der Waals surface area contributed by atoms with Crippen molar-refractivity contribution in [2.24, 2.45) is 0 Å². The van der Waals surface area contributed by atoms with Gasteiger partial charge in [-0.05, 0) is 37.3 Å². The van der Waals surface area contributed by atoms with Crippen LogP contribution < -0.4 is 10.6 Å². The fourth-order valence-corrected chi connectivity index (χ4v) is 1.92. The van der Waals surface area contributed by atoms with Crippen LogP contribution in [-0.4, -0.2) is 12.5 Å². The lowest BCUT2D eigenvalue weighted by molar-refractivity contribution is 0.0984. The molecule has 19 heavy (non-hydrogen) atoms. The molecule has 2 aromatic carbocycles. The van der Waals surface area contributed by atoms with E-state index >= 15 is 0 Å². The number of benzene rings is 2. The summed E-state index contributed by atoms with van der Waals surface area (Å²) in [7, 11) is 0. The number of amides is 1. The molecule has 0 radical (unpaired) electrons. The highest BCUT2D eigenvalue weighted by Gasteiger charge is 2.19. The number of nitrogens with two attached hydrogens (primary N) is 1. The number of anilines is 2. The van der Waals surface area contributed by atoms with E-state index < -0.39 is 5.82 Å².